The van der Waals surface area contributed by atoms with Crippen LogP contribution in [-0.4, -0.2) is 19.1 Å². The molecule has 0 atom stereocenters. The fraction of sp³-hybridized carbons (Fsp3) is 0.400. The van der Waals surface area contributed by atoms with Crippen LogP contribution in [0.4, 0.5) is 0 Å². The van der Waals surface area contributed by atoms with Crippen LogP contribution >= 0.6 is 22.9 Å². The van der Waals surface area contributed by atoms with Gasteiger partial charge in [-0.2, -0.15) is 0 Å². The van der Waals surface area contributed by atoms with Gasteiger partial charge in [0.1, 0.15) is 10.8 Å². The Bertz CT molecular complexity index is 622. The van der Waals surface area contributed by atoms with Crippen molar-refractivity contribution in [2.24, 2.45) is 0 Å². The van der Waals surface area contributed by atoms with Crippen LogP contribution in [0.5, 0.6) is 5.75 Å². The van der Waals surface area contributed by atoms with Gasteiger partial charge in [-0.3, -0.25) is 0 Å². The molecule has 1 saturated carbocycles. The van der Waals surface area contributed by atoms with E-state index in [9.17, 15) is 0 Å². The predicted molar refractivity (Wildman–Crippen MR) is 83.9 cm³/mol. The quantitative estimate of drug-likeness (QED) is 0.904. The van der Waals surface area contributed by atoms with E-state index < -0.39 is 0 Å². The van der Waals surface area contributed by atoms with Crippen molar-refractivity contribution >= 4 is 22.9 Å². The minimum Gasteiger partial charge on any atom is -0.496 e. The Morgan fingerprint density at radius 1 is 1.45 bits per heavy atom. The second kappa shape index (κ2) is 5.72. The van der Waals surface area contributed by atoms with E-state index in [1.807, 2.05) is 25.2 Å². The van der Waals surface area contributed by atoms with Gasteiger partial charge in [0, 0.05) is 22.4 Å². The molecule has 20 heavy (non-hydrogen) atoms. The van der Waals surface area contributed by atoms with Gasteiger partial charge in [0.15, 0.2) is 0 Å². The Balaban J connectivity index is 2.03. The lowest BCUT2D eigenvalue weighted by atomic mass is 10.2. The summed E-state index contributed by atoms with van der Waals surface area (Å²) in [6.45, 7) is 0.874. The van der Waals surface area contributed by atoms with E-state index in [-0.39, 0.29) is 0 Å². The molecule has 0 spiro atoms. The minimum absolute atomic E-state index is 0.654. The van der Waals surface area contributed by atoms with Crippen LogP contribution in [0.15, 0.2) is 18.2 Å². The predicted octanol–water partition coefficient (Wildman–Crippen LogP) is 4.07. The standard InChI is InChI=1S/C15H17ClN2OS/c1-17-8-13-14(9-3-4-9)18-15(20-13)11-6-5-10(16)7-12(11)19-2/h5-7,9,17H,3-4,8H2,1-2H3. The Kier molecular flexibility index (Phi) is 3.96. The second-order valence-electron chi connectivity index (χ2n) is 4.98. The van der Waals surface area contributed by atoms with Crippen molar-refractivity contribution in [2.75, 3.05) is 14.2 Å². The van der Waals surface area contributed by atoms with Crippen LogP contribution in [0.2, 0.25) is 5.02 Å². The van der Waals surface area contributed by atoms with E-state index in [4.69, 9.17) is 21.3 Å². The molecule has 3 nitrogen and oxygen atoms in total. The van der Waals surface area contributed by atoms with Gasteiger partial charge in [0.2, 0.25) is 0 Å². The SMILES string of the molecule is CNCc1sc(-c2ccc(Cl)cc2OC)nc1C1CC1. The molecule has 106 valence electrons. The molecular weight excluding hydrogens is 292 g/mol. The summed E-state index contributed by atoms with van der Waals surface area (Å²) >= 11 is 7.77. The van der Waals surface area contributed by atoms with Crippen molar-refractivity contribution in [1.82, 2.24) is 10.3 Å². The second-order valence-corrected chi connectivity index (χ2v) is 6.50. The van der Waals surface area contributed by atoms with Crippen LogP contribution in [0, 0.1) is 0 Å². The largest absolute Gasteiger partial charge is 0.496 e. The monoisotopic (exact) mass is 308 g/mol. The fourth-order valence-corrected chi connectivity index (χ4v) is 3.63. The molecule has 1 aromatic heterocycles. The van der Waals surface area contributed by atoms with Crippen LogP contribution in [0.25, 0.3) is 10.6 Å². The molecule has 1 aromatic carbocycles. The molecule has 0 aliphatic heterocycles. The van der Waals surface area contributed by atoms with E-state index in [2.05, 4.69) is 5.32 Å². The summed E-state index contributed by atoms with van der Waals surface area (Å²) in [5.41, 5.74) is 2.28. The molecule has 1 N–H and O–H groups in total. The molecule has 0 amide bonds. The average Bonchev–Trinajstić information content (AvgIpc) is 3.21. The lowest BCUT2D eigenvalue weighted by Crippen LogP contribution is -2.05. The fourth-order valence-electron chi connectivity index (χ4n) is 2.28. The number of aromatic nitrogens is 1. The summed E-state index contributed by atoms with van der Waals surface area (Å²) in [6.07, 6.45) is 2.52. The Labute approximate surface area is 127 Å². The van der Waals surface area contributed by atoms with Gasteiger partial charge in [-0.25, -0.2) is 4.98 Å². The van der Waals surface area contributed by atoms with Gasteiger partial charge in [0.25, 0.3) is 0 Å². The molecule has 0 radical (unpaired) electrons. The number of nitrogens with one attached hydrogen (secondary N) is 1. The molecule has 1 heterocycles. The zero-order valence-corrected chi connectivity index (χ0v) is 13.1. The van der Waals surface area contributed by atoms with Crippen molar-refractivity contribution < 1.29 is 4.74 Å². The number of thiazole rings is 1. The van der Waals surface area contributed by atoms with Gasteiger partial charge in [-0.15, -0.1) is 11.3 Å². The molecule has 0 bridgehead atoms. The van der Waals surface area contributed by atoms with Gasteiger partial charge in [-0.1, -0.05) is 11.6 Å². The zero-order chi connectivity index (χ0) is 14.1. The average molecular weight is 309 g/mol. The first-order valence-electron chi connectivity index (χ1n) is 6.71. The lowest BCUT2D eigenvalue weighted by molar-refractivity contribution is 0.416. The Hall–Kier alpha value is -1.10. The van der Waals surface area contributed by atoms with Gasteiger partial charge >= 0.3 is 0 Å². The third-order valence-electron chi connectivity index (χ3n) is 3.42. The summed E-state index contributed by atoms with van der Waals surface area (Å²) in [7, 11) is 3.64. The number of rotatable bonds is 5. The van der Waals surface area contributed by atoms with Crippen molar-refractivity contribution in [2.45, 2.75) is 25.3 Å². The maximum Gasteiger partial charge on any atom is 0.130 e. The maximum atomic E-state index is 6.02. The highest BCUT2D eigenvalue weighted by Crippen LogP contribution is 2.45. The molecule has 1 fully saturated rings. The smallest absolute Gasteiger partial charge is 0.130 e. The van der Waals surface area contributed by atoms with Crippen molar-refractivity contribution in [1.29, 1.82) is 0 Å². The molecule has 3 rings (SSSR count). The topological polar surface area (TPSA) is 34.1 Å². The van der Waals surface area contributed by atoms with Gasteiger partial charge in [-0.05, 0) is 38.1 Å². The zero-order valence-electron chi connectivity index (χ0n) is 11.6. The number of hydrogen-bond donors (Lipinski definition) is 1. The molecule has 0 saturated heterocycles. The Morgan fingerprint density at radius 3 is 2.90 bits per heavy atom. The summed E-state index contributed by atoms with van der Waals surface area (Å²) in [5.74, 6) is 1.44. The number of hydrogen-bond acceptors (Lipinski definition) is 4. The third-order valence-corrected chi connectivity index (χ3v) is 4.76. The first kappa shape index (κ1) is 13.9. The number of halogens is 1. The van der Waals surface area contributed by atoms with Gasteiger partial charge < -0.3 is 10.1 Å². The van der Waals surface area contributed by atoms with Crippen LogP contribution in [-0.2, 0) is 6.54 Å². The Morgan fingerprint density at radius 2 is 2.25 bits per heavy atom. The summed E-state index contributed by atoms with van der Waals surface area (Å²) in [6, 6.07) is 5.71. The third kappa shape index (κ3) is 2.68. The number of benzene rings is 1. The first-order chi connectivity index (χ1) is 9.72. The molecule has 1 aliphatic carbocycles. The maximum absolute atomic E-state index is 6.02. The normalized spacial score (nSPS) is 14.6. The van der Waals surface area contributed by atoms with E-state index in [0.29, 0.717) is 10.9 Å². The molecule has 2 aromatic rings. The van der Waals surface area contributed by atoms with E-state index in [1.54, 1.807) is 18.4 Å². The summed E-state index contributed by atoms with van der Waals surface area (Å²) in [5, 5.41) is 4.93. The van der Waals surface area contributed by atoms with Crippen molar-refractivity contribution in [3.05, 3.63) is 33.8 Å². The minimum atomic E-state index is 0.654. The summed E-state index contributed by atoms with van der Waals surface area (Å²) in [4.78, 5) is 6.19. The molecular formula is C15H17ClN2OS. The molecule has 5 heteroatoms. The van der Waals surface area contributed by atoms with Crippen molar-refractivity contribution in [3.63, 3.8) is 0 Å². The van der Waals surface area contributed by atoms with Crippen LogP contribution in [0.1, 0.15) is 29.3 Å². The van der Waals surface area contributed by atoms with Crippen molar-refractivity contribution in [3.8, 4) is 16.3 Å². The van der Waals surface area contributed by atoms with Crippen LogP contribution < -0.4 is 10.1 Å². The highest BCUT2D eigenvalue weighted by atomic mass is 35.5. The number of methoxy groups -OCH3 is 1. The number of ether oxygens (including phenoxy) is 1. The van der Waals surface area contributed by atoms with Gasteiger partial charge in [0.05, 0.1) is 18.4 Å². The molecule has 0 unspecified atom stereocenters. The van der Waals surface area contributed by atoms with E-state index in [0.717, 1.165) is 22.9 Å². The number of nitrogens with zero attached hydrogens (tertiary/aromatic N) is 1. The van der Waals surface area contributed by atoms with E-state index in [1.165, 1.54) is 23.4 Å². The lowest BCUT2D eigenvalue weighted by Gasteiger charge is -2.05. The first-order valence-corrected chi connectivity index (χ1v) is 7.90. The highest BCUT2D eigenvalue weighted by molar-refractivity contribution is 7.15. The highest BCUT2D eigenvalue weighted by Gasteiger charge is 2.30. The molecule has 1 aliphatic rings. The summed E-state index contributed by atoms with van der Waals surface area (Å²) < 4.78 is 5.43. The van der Waals surface area contributed by atoms with Crippen LogP contribution in [0.3, 0.4) is 0 Å². The van der Waals surface area contributed by atoms with E-state index >= 15 is 0 Å².